The number of nitrogens with one attached hydrogen (secondary N) is 1. The molecule has 1 aromatic heterocycles. The summed E-state index contributed by atoms with van der Waals surface area (Å²) in [6.07, 6.45) is 1.04. The van der Waals surface area contributed by atoms with E-state index in [0.717, 1.165) is 9.87 Å². The van der Waals surface area contributed by atoms with Crippen LogP contribution in [0.1, 0.15) is 12.0 Å². The number of nitrogens with zero attached hydrogens (tertiary/aromatic N) is 2. The average Bonchev–Trinajstić information content (AvgIpc) is 2.95. The van der Waals surface area contributed by atoms with Gasteiger partial charge in [0.1, 0.15) is 0 Å². The number of sulfonamides is 1. The van der Waals surface area contributed by atoms with Gasteiger partial charge in [0.05, 0.1) is 18.3 Å². The summed E-state index contributed by atoms with van der Waals surface area (Å²) in [6.45, 7) is 1.73. The zero-order valence-corrected chi connectivity index (χ0v) is 12.2. The SMILES string of the molecule is Cc1ccc(N(CCC(=O)O)S(=O)(=O)c2ccn[nH]2)cc1. The molecule has 0 fully saturated rings. The fourth-order valence-corrected chi connectivity index (χ4v) is 3.17. The van der Waals surface area contributed by atoms with Gasteiger partial charge in [-0.3, -0.25) is 14.2 Å². The van der Waals surface area contributed by atoms with Crippen LogP contribution < -0.4 is 4.31 Å². The highest BCUT2D eigenvalue weighted by molar-refractivity contribution is 7.92. The molecule has 0 unspecified atom stereocenters. The lowest BCUT2D eigenvalue weighted by molar-refractivity contribution is -0.136. The molecule has 0 radical (unpaired) electrons. The Labute approximate surface area is 122 Å². The van der Waals surface area contributed by atoms with E-state index >= 15 is 0 Å². The molecule has 8 heteroatoms. The summed E-state index contributed by atoms with van der Waals surface area (Å²) < 4.78 is 26.2. The monoisotopic (exact) mass is 309 g/mol. The van der Waals surface area contributed by atoms with Gasteiger partial charge in [-0.25, -0.2) is 0 Å². The molecule has 0 aliphatic carbocycles. The van der Waals surface area contributed by atoms with Gasteiger partial charge in [0.2, 0.25) is 0 Å². The van der Waals surface area contributed by atoms with Crippen molar-refractivity contribution in [3.8, 4) is 0 Å². The number of aliphatic carboxylic acids is 1. The third-order valence-electron chi connectivity index (χ3n) is 2.89. The number of aromatic nitrogens is 2. The molecule has 0 aliphatic rings. The molecule has 0 amide bonds. The first-order chi connectivity index (χ1) is 9.91. The van der Waals surface area contributed by atoms with Crippen molar-refractivity contribution in [2.24, 2.45) is 0 Å². The fourth-order valence-electron chi connectivity index (χ4n) is 1.80. The van der Waals surface area contributed by atoms with Crippen molar-refractivity contribution in [2.45, 2.75) is 18.4 Å². The topological polar surface area (TPSA) is 103 Å². The van der Waals surface area contributed by atoms with Gasteiger partial charge in [-0.2, -0.15) is 13.5 Å². The number of aryl methyl sites for hydroxylation is 1. The number of H-pyrrole nitrogens is 1. The lowest BCUT2D eigenvalue weighted by Crippen LogP contribution is -2.33. The van der Waals surface area contributed by atoms with E-state index in [1.165, 1.54) is 12.3 Å². The first-order valence-electron chi connectivity index (χ1n) is 6.22. The van der Waals surface area contributed by atoms with Gasteiger partial charge in [0.25, 0.3) is 10.0 Å². The molecule has 0 saturated heterocycles. The quantitative estimate of drug-likeness (QED) is 0.839. The van der Waals surface area contributed by atoms with Crippen molar-refractivity contribution >= 4 is 21.7 Å². The molecular weight excluding hydrogens is 294 g/mol. The van der Waals surface area contributed by atoms with Gasteiger partial charge >= 0.3 is 5.97 Å². The second-order valence-electron chi connectivity index (χ2n) is 4.48. The van der Waals surface area contributed by atoms with Crippen LogP contribution in [0.25, 0.3) is 0 Å². The summed E-state index contributed by atoms with van der Waals surface area (Å²) in [5, 5.41) is 14.8. The maximum Gasteiger partial charge on any atom is 0.305 e. The molecule has 2 N–H and O–H groups in total. The third kappa shape index (κ3) is 3.40. The first kappa shape index (κ1) is 15.0. The Bertz CT molecular complexity index is 708. The molecule has 0 bridgehead atoms. The smallest absolute Gasteiger partial charge is 0.305 e. The van der Waals surface area contributed by atoms with E-state index in [2.05, 4.69) is 10.2 Å². The van der Waals surface area contributed by atoms with Crippen molar-refractivity contribution in [3.05, 3.63) is 42.1 Å². The number of rotatable bonds is 6. The summed E-state index contributed by atoms with van der Waals surface area (Å²) in [6, 6.07) is 8.16. The number of carboxylic acids is 1. The summed E-state index contributed by atoms with van der Waals surface area (Å²) in [7, 11) is -3.87. The molecule has 112 valence electrons. The van der Waals surface area contributed by atoms with Crippen LogP contribution in [0, 0.1) is 6.92 Å². The van der Waals surface area contributed by atoms with Crippen molar-refractivity contribution < 1.29 is 18.3 Å². The molecule has 0 atom stereocenters. The zero-order chi connectivity index (χ0) is 15.5. The van der Waals surface area contributed by atoms with Crippen LogP contribution in [0.5, 0.6) is 0 Å². The maximum atomic E-state index is 12.6. The van der Waals surface area contributed by atoms with Gasteiger partial charge < -0.3 is 5.11 Å². The minimum atomic E-state index is -3.87. The van der Waals surface area contributed by atoms with Crippen LogP contribution in [-0.2, 0) is 14.8 Å². The highest BCUT2D eigenvalue weighted by atomic mass is 32.2. The Balaban J connectivity index is 2.41. The molecule has 21 heavy (non-hydrogen) atoms. The zero-order valence-electron chi connectivity index (χ0n) is 11.4. The van der Waals surface area contributed by atoms with Crippen LogP contribution >= 0.6 is 0 Å². The summed E-state index contributed by atoms with van der Waals surface area (Å²) >= 11 is 0. The van der Waals surface area contributed by atoms with Crippen molar-refractivity contribution in [2.75, 3.05) is 10.8 Å². The highest BCUT2D eigenvalue weighted by Crippen LogP contribution is 2.23. The van der Waals surface area contributed by atoms with Gasteiger partial charge in [-0.1, -0.05) is 17.7 Å². The maximum absolute atomic E-state index is 12.6. The molecule has 2 rings (SSSR count). The summed E-state index contributed by atoms with van der Waals surface area (Å²) in [4.78, 5) is 10.8. The van der Waals surface area contributed by atoms with Gasteiger partial charge in [0, 0.05) is 6.54 Å². The number of carboxylic acid groups (broad SMARTS) is 1. The van der Waals surface area contributed by atoms with Gasteiger partial charge in [0.15, 0.2) is 5.03 Å². The Morgan fingerprint density at radius 3 is 2.48 bits per heavy atom. The molecule has 0 spiro atoms. The van der Waals surface area contributed by atoms with E-state index in [0.29, 0.717) is 5.69 Å². The average molecular weight is 309 g/mol. The fraction of sp³-hybridized carbons (Fsp3) is 0.231. The Morgan fingerprint density at radius 2 is 1.95 bits per heavy atom. The van der Waals surface area contributed by atoms with Crippen molar-refractivity contribution in [3.63, 3.8) is 0 Å². The van der Waals surface area contributed by atoms with E-state index in [4.69, 9.17) is 5.11 Å². The van der Waals surface area contributed by atoms with E-state index in [9.17, 15) is 13.2 Å². The van der Waals surface area contributed by atoms with Gasteiger partial charge in [-0.05, 0) is 25.1 Å². The van der Waals surface area contributed by atoms with E-state index in [-0.39, 0.29) is 18.0 Å². The number of anilines is 1. The minimum Gasteiger partial charge on any atom is -0.481 e. The van der Waals surface area contributed by atoms with E-state index in [1.54, 1.807) is 24.3 Å². The minimum absolute atomic E-state index is 0.0755. The van der Waals surface area contributed by atoms with Crippen molar-refractivity contribution in [1.29, 1.82) is 0 Å². The predicted octanol–water partition coefficient (Wildman–Crippen LogP) is 1.39. The normalized spacial score (nSPS) is 11.3. The highest BCUT2D eigenvalue weighted by Gasteiger charge is 2.26. The largest absolute Gasteiger partial charge is 0.481 e. The number of hydrogen-bond acceptors (Lipinski definition) is 4. The predicted molar refractivity (Wildman–Crippen MR) is 76.6 cm³/mol. The van der Waals surface area contributed by atoms with Crippen LogP contribution in [-0.4, -0.2) is 36.2 Å². The number of aromatic amines is 1. The molecule has 1 aromatic carbocycles. The van der Waals surface area contributed by atoms with Crippen LogP contribution in [0.2, 0.25) is 0 Å². The summed E-state index contributed by atoms with van der Waals surface area (Å²) in [5.41, 5.74) is 1.40. The number of carbonyl (C=O) groups is 1. The van der Waals surface area contributed by atoms with Gasteiger partial charge in [-0.15, -0.1) is 0 Å². The lowest BCUT2D eigenvalue weighted by atomic mass is 10.2. The molecule has 7 nitrogen and oxygen atoms in total. The van der Waals surface area contributed by atoms with Crippen LogP contribution in [0.3, 0.4) is 0 Å². The Morgan fingerprint density at radius 1 is 1.29 bits per heavy atom. The molecule has 1 heterocycles. The summed E-state index contributed by atoms with van der Waals surface area (Å²) in [5.74, 6) is -1.06. The first-order valence-corrected chi connectivity index (χ1v) is 7.66. The van der Waals surface area contributed by atoms with E-state index in [1.807, 2.05) is 6.92 Å². The molecule has 0 aliphatic heterocycles. The molecule has 0 saturated carbocycles. The van der Waals surface area contributed by atoms with Crippen LogP contribution in [0.4, 0.5) is 5.69 Å². The Hall–Kier alpha value is -2.35. The van der Waals surface area contributed by atoms with Crippen molar-refractivity contribution in [1.82, 2.24) is 10.2 Å². The lowest BCUT2D eigenvalue weighted by Gasteiger charge is -2.23. The van der Waals surface area contributed by atoms with Crippen LogP contribution in [0.15, 0.2) is 41.6 Å². The Kier molecular flexibility index (Phi) is 4.27. The number of benzene rings is 1. The second kappa shape index (κ2) is 5.96. The van der Waals surface area contributed by atoms with E-state index < -0.39 is 16.0 Å². The third-order valence-corrected chi connectivity index (χ3v) is 4.65. The second-order valence-corrected chi connectivity index (χ2v) is 6.31. The molecule has 2 aromatic rings. The standard InChI is InChI=1S/C13H15N3O4S/c1-10-2-4-11(5-3-10)16(9-7-13(17)18)21(19,20)12-6-8-14-15-12/h2-6,8H,7,9H2,1H3,(H,14,15)(H,17,18). The molecular formula is C13H15N3O4S. The number of hydrogen-bond donors (Lipinski definition) is 2.